The lowest BCUT2D eigenvalue weighted by atomic mass is 10.2. The molecule has 90 valence electrons. The summed E-state index contributed by atoms with van der Waals surface area (Å²) in [5, 5.41) is 9.28. The van der Waals surface area contributed by atoms with Crippen LogP contribution >= 0.6 is 0 Å². The smallest absolute Gasteiger partial charge is 0.329 e. The van der Waals surface area contributed by atoms with E-state index in [0.717, 1.165) is 10.6 Å². The number of H-pyrrole nitrogens is 1. The second-order valence-corrected chi connectivity index (χ2v) is 3.86. The van der Waals surface area contributed by atoms with Gasteiger partial charge < -0.3 is 10.1 Å². The zero-order chi connectivity index (χ0) is 12.6. The number of aliphatic hydroxyl groups excluding tert-OH is 1. The third-order valence-electron chi connectivity index (χ3n) is 2.41. The van der Waals surface area contributed by atoms with E-state index in [1.807, 2.05) is 0 Å². The molecule has 1 heterocycles. The second-order valence-electron chi connectivity index (χ2n) is 3.86. The van der Waals surface area contributed by atoms with Crippen molar-refractivity contribution in [3.63, 3.8) is 0 Å². The van der Waals surface area contributed by atoms with Crippen molar-refractivity contribution in [2.24, 2.45) is 0 Å². The Bertz CT molecular complexity index is 672. The van der Waals surface area contributed by atoms with Gasteiger partial charge in [0.2, 0.25) is 0 Å². The summed E-state index contributed by atoms with van der Waals surface area (Å²) < 4.78 is 14.2. The minimum Gasteiger partial charge on any atom is -0.392 e. The maximum Gasteiger partial charge on any atom is 0.329 e. The highest BCUT2D eigenvalue weighted by atomic mass is 19.1. The Labute approximate surface area is 95.1 Å². The molecule has 0 fully saturated rings. The molecule has 1 aromatic carbocycles. The van der Waals surface area contributed by atoms with Crippen LogP contribution in [-0.2, 0) is 6.54 Å². The minimum atomic E-state index is -0.834. The normalized spacial score (nSPS) is 12.9. The zero-order valence-electron chi connectivity index (χ0n) is 9.11. The van der Waals surface area contributed by atoms with E-state index in [1.165, 1.54) is 19.1 Å². The molecule has 0 bridgehead atoms. The SMILES string of the molecule is CC(O)Cn1c(=O)[nH]c2c(F)cccc2c1=O. The highest BCUT2D eigenvalue weighted by molar-refractivity contribution is 5.77. The van der Waals surface area contributed by atoms with E-state index >= 15 is 0 Å². The molecule has 1 aromatic heterocycles. The van der Waals surface area contributed by atoms with Crippen molar-refractivity contribution in [3.05, 3.63) is 44.9 Å². The van der Waals surface area contributed by atoms with Crippen LogP contribution in [0.1, 0.15) is 6.92 Å². The lowest BCUT2D eigenvalue weighted by Gasteiger charge is -2.08. The monoisotopic (exact) mass is 238 g/mol. The zero-order valence-corrected chi connectivity index (χ0v) is 9.11. The molecule has 0 radical (unpaired) electrons. The van der Waals surface area contributed by atoms with Crippen LogP contribution in [0.2, 0.25) is 0 Å². The number of benzene rings is 1. The predicted molar refractivity (Wildman–Crippen MR) is 60.5 cm³/mol. The number of hydrogen-bond acceptors (Lipinski definition) is 3. The van der Waals surface area contributed by atoms with Gasteiger partial charge in [-0.1, -0.05) is 6.07 Å². The number of hydrogen-bond donors (Lipinski definition) is 2. The summed E-state index contributed by atoms with van der Waals surface area (Å²) >= 11 is 0. The van der Waals surface area contributed by atoms with E-state index in [1.54, 1.807) is 0 Å². The number of nitrogens with one attached hydrogen (secondary N) is 1. The van der Waals surface area contributed by atoms with Crippen LogP contribution in [0.25, 0.3) is 10.9 Å². The molecule has 0 spiro atoms. The van der Waals surface area contributed by atoms with Gasteiger partial charge in [-0.25, -0.2) is 9.18 Å². The number of fused-ring (bicyclic) bond motifs is 1. The van der Waals surface area contributed by atoms with Gasteiger partial charge in [-0.15, -0.1) is 0 Å². The summed E-state index contributed by atoms with van der Waals surface area (Å²) in [4.78, 5) is 25.8. The summed E-state index contributed by atoms with van der Waals surface area (Å²) in [7, 11) is 0. The van der Waals surface area contributed by atoms with Gasteiger partial charge in [-0.2, -0.15) is 0 Å². The fraction of sp³-hybridized carbons (Fsp3) is 0.273. The maximum absolute atomic E-state index is 13.4. The molecule has 2 aromatic rings. The standard InChI is InChI=1S/C11H11FN2O3/c1-6(15)5-14-10(16)7-3-2-4-8(12)9(7)13-11(14)17/h2-4,6,15H,5H2,1H3,(H,13,17). The van der Waals surface area contributed by atoms with Crippen molar-refractivity contribution in [1.82, 2.24) is 9.55 Å². The Balaban J connectivity index is 2.82. The Morgan fingerprint density at radius 3 is 2.82 bits per heavy atom. The van der Waals surface area contributed by atoms with Gasteiger partial charge >= 0.3 is 5.69 Å². The quantitative estimate of drug-likeness (QED) is 0.785. The first-order valence-corrected chi connectivity index (χ1v) is 5.10. The maximum atomic E-state index is 13.4. The van der Waals surface area contributed by atoms with Crippen molar-refractivity contribution < 1.29 is 9.50 Å². The highest BCUT2D eigenvalue weighted by Gasteiger charge is 2.11. The van der Waals surface area contributed by atoms with E-state index in [-0.39, 0.29) is 17.4 Å². The van der Waals surface area contributed by atoms with Crippen molar-refractivity contribution in [2.45, 2.75) is 19.6 Å². The first-order chi connectivity index (χ1) is 8.00. The molecule has 1 unspecified atom stereocenters. The first kappa shape index (κ1) is 11.5. The van der Waals surface area contributed by atoms with Gasteiger partial charge in [0.25, 0.3) is 5.56 Å². The Morgan fingerprint density at radius 1 is 1.47 bits per heavy atom. The van der Waals surface area contributed by atoms with Crippen molar-refractivity contribution in [1.29, 1.82) is 0 Å². The van der Waals surface area contributed by atoms with Crippen molar-refractivity contribution in [3.8, 4) is 0 Å². The Morgan fingerprint density at radius 2 is 2.18 bits per heavy atom. The van der Waals surface area contributed by atoms with Gasteiger partial charge in [-0.05, 0) is 19.1 Å². The summed E-state index contributed by atoms with van der Waals surface area (Å²) in [6.07, 6.45) is -0.834. The van der Waals surface area contributed by atoms with Gasteiger partial charge in [0.1, 0.15) is 5.82 Å². The van der Waals surface area contributed by atoms with E-state index in [2.05, 4.69) is 4.98 Å². The molecule has 0 aliphatic carbocycles. The summed E-state index contributed by atoms with van der Waals surface area (Å²) in [5.74, 6) is -0.652. The molecule has 2 rings (SSSR count). The van der Waals surface area contributed by atoms with Crippen molar-refractivity contribution in [2.75, 3.05) is 0 Å². The van der Waals surface area contributed by atoms with Crippen LogP contribution in [0.3, 0.4) is 0 Å². The van der Waals surface area contributed by atoms with Crippen LogP contribution in [-0.4, -0.2) is 20.8 Å². The number of aromatic amines is 1. The third-order valence-corrected chi connectivity index (χ3v) is 2.41. The molecule has 0 aliphatic rings. The largest absolute Gasteiger partial charge is 0.392 e. The topological polar surface area (TPSA) is 75.1 Å². The van der Waals surface area contributed by atoms with Crippen molar-refractivity contribution >= 4 is 10.9 Å². The van der Waals surface area contributed by atoms with Crippen LogP contribution in [0.5, 0.6) is 0 Å². The molecule has 0 aliphatic heterocycles. The van der Waals surface area contributed by atoms with Gasteiger partial charge in [0, 0.05) is 0 Å². The van der Waals surface area contributed by atoms with Gasteiger partial charge in [0.15, 0.2) is 0 Å². The lowest BCUT2D eigenvalue weighted by molar-refractivity contribution is 0.170. The molecule has 6 heteroatoms. The average Bonchev–Trinajstić information content (AvgIpc) is 2.26. The number of aromatic nitrogens is 2. The Kier molecular flexibility index (Phi) is 2.81. The molecule has 0 amide bonds. The minimum absolute atomic E-state index is 0.0882. The lowest BCUT2D eigenvalue weighted by Crippen LogP contribution is -2.38. The first-order valence-electron chi connectivity index (χ1n) is 5.10. The second kappa shape index (κ2) is 4.14. The summed E-state index contributed by atoms with van der Waals surface area (Å²) in [6.45, 7) is 1.34. The highest BCUT2D eigenvalue weighted by Crippen LogP contribution is 2.09. The van der Waals surface area contributed by atoms with Crippen LogP contribution in [0.4, 0.5) is 4.39 Å². The molecule has 5 nitrogen and oxygen atoms in total. The van der Waals surface area contributed by atoms with Crippen LogP contribution in [0.15, 0.2) is 27.8 Å². The van der Waals surface area contributed by atoms with Crippen LogP contribution < -0.4 is 11.2 Å². The average molecular weight is 238 g/mol. The van der Waals surface area contributed by atoms with Gasteiger partial charge in [-0.3, -0.25) is 9.36 Å². The van der Waals surface area contributed by atoms with E-state index in [0.29, 0.717) is 0 Å². The van der Waals surface area contributed by atoms with E-state index in [9.17, 15) is 19.1 Å². The summed E-state index contributed by atoms with van der Waals surface area (Å²) in [6, 6.07) is 3.98. The molecule has 1 atom stereocenters. The fourth-order valence-electron chi connectivity index (χ4n) is 1.67. The number of para-hydroxylation sites is 1. The number of nitrogens with zero attached hydrogens (tertiary/aromatic N) is 1. The Hall–Kier alpha value is -1.95. The fourth-order valence-corrected chi connectivity index (χ4v) is 1.67. The molecule has 17 heavy (non-hydrogen) atoms. The molecular formula is C11H11FN2O3. The molecule has 0 saturated heterocycles. The number of halogens is 1. The van der Waals surface area contributed by atoms with E-state index < -0.39 is 23.2 Å². The van der Waals surface area contributed by atoms with E-state index in [4.69, 9.17) is 0 Å². The predicted octanol–water partition coefficient (Wildman–Crippen LogP) is 0.210. The molecule has 0 saturated carbocycles. The molecular weight excluding hydrogens is 227 g/mol. The number of aliphatic hydroxyl groups is 1. The van der Waals surface area contributed by atoms with Crippen LogP contribution in [0, 0.1) is 5.82 Å². The summed E-state index contributed by atoms with van der Waals surface area (Å²) in [5.41, 5.74) is -1.44. The third kappa shape index (κ3) is 1.99. The van der Waals surface area contributed by atoms with Gasteiger partial charge in [0.05, 0.1) is 23.6 Å². The molecule has 2 N–H and O–H groups in total. The number of rotatable bonds is 2.